The highest BCUT2D eigenvalue weighted by atomic mass is 35.5. The Morgan fingerprint density at radius 2 is 1.77 bits per heavy atom. The molecule has 0 aromatic heterocycles. The van der Waals surface area contributed by atoms with Crippen molar-refractivity contribution in [2.75, 3.05) is 0 Å². The van der Waals surface area contributed by atoms with E-state index >= 15 is 0 Å². The zero-order valence-corrected chi connectivity index (χ0v) is 16.2. The Morgan fingerprint density at radius 3 is 2.46 bits per heavy atom. The molecule has 1 unspecified atom stereocenters. The number of aryl methyl sites for hydroxylation is 1. The molecule has 0 aliphatic rings. The average Bonchev–Trinajstić information content (AvgIpc) is 2.61. The first-order valence-electron chi connectivity index (χ1n) is 7.80. The van der Waals surface area contributed by atoms with Crippen molar-refractivity contribution < 1.29 is 14.3 Å². The van der Waals surface area contributed by atoms with Gasteiger partial charge in [0, 0.05) is 16.5 Å². The smallest absolute Gasteiger partial charge is 0.279 e. The zero-order valence-electron chi connectivity index (χ0n) is 13.9. The maximum Gasteiger partial charge on any atom is 0.279 e. The molecule has 0 bridgehead atoms. The van der Waals surface area contributed by atoms with E-state index in [4.69, 9.17) is 39.5 Å². The molecular weight excluding hydrogens is 399 g/mol. The summed E-state index contributed by atoms with van der Waals surface area (Å²) < 4.78 is 5.47. The van der Waals surface area contributed by atoms with Gasteiger partial charge in [0.1, 0.15) is 5.75 Å². The molecule has 2 aromatic rings. The third kappa shape index (κ3) is 6.09. The Balaban J connectivity index is 1.78. The number of ether oxygens (including phenoxy) is 1. The summed E-state index contributed by atoms with van der Waals surface area (Å²) in [6, 6.07) is 12.0. The van der Waals surface area contributed by atoms with E-state index in [2.05, 4.69) is 10.9 Å². The summed E-state index contributed by atoms with van der Waals surface area (Å²) >= 11 is 17.8. The molecule has 138 valence electrons. The lowest BCUT2D eigenvalue weighted by atomic mass is 10.1. The standard InChI is InChI=1S/C18H17Cl3N2O3/c1-11(26-16-8-7-13(19)10-15(16)21)18(25)23-22-17(24)9-6-12-4-2-3-5-14(12)20/h2-5,7-8,10-11H,6,9H2,1H3,(H,22,24)(H,23,25). The molecule has 2 amide bonds. The number of hydrogen-bond donors (Lipinski definition) is 2. The Hall–Kier alpha value is -1.95. The molecule has 8 heteroatoms. The summed E-state index contributed by atoms with van der Waals surface area (Å²) in [7, 11) is 0. The van der Waals surface area contributed by atoms with Crippen molar-refractivity contribution in [2.45, 2.75) is 25.9 Å². The number of carbonyl (C=O) groups is 2. The van der Waals surface area contributed by atoms with Gasteiger partial charge in [-0.1, -0.05) is 53.0 Å². The lowest BCUT2D eigenvalue weighted by Gasteiger charge is -2.16. The summed E-state index contributed by atoms with van der Waals surface area (Å²) in [4.78, 5) is 23.9. The minimum Gasteiger partial charge on any atom is -0.479 e. The van der Waals surface area contributed by atoms with Gasteiger partial charge in [0.25, 0.3) is 5.91 Å². The molecule has 0 spiro atoms. The molecule has 0 aliphatic heterocycles. The van der Waals surface area contributed by atoms with Crippen LogP contribution in [0.4, 0.5) is 0 Å². The molecule has 26 heavy (non-hydrogen) atoms. The van der Waals surface area contributed by atoms with Crippen LogP contribution in [0.2, 0.25) is 15.1 Å². The van der Waals surface area contributed by atoms with Crippen LogP contribution in [0.5, 0.6) is 5.75 Å². The van der Waals surface area contributed by atoms with Crippen molar-refractivity contribution >= 4 is 46.6 Å². The second-order valence-electron chi connectivity index (χ2n) is 5.46. The minimum absolute atomic E-state index is 0.183. The highest BCUT2D eigenvalue weighted by Gasteiger charge is 2.17. The molecule has 2 aromatic carbocycles. The summed E-state index contributed by atoms with van der Waals surface area (Å²) in [5, 5.41) is 1.36. The number of benzene rings is 2. The predicted octanol–water partition coefficient (Wildman–Crippen LogP) is 4.19. The molecular formula is C18H17Cl3N2O3. The fraction of sp³-hybridized carbons (Fsp3) is 0.222. The number of halogens is 3. The Morgan fingerprint density at radius 1 is 1.04 bits per heavy atom. The second-order valence-corrected chi connectivity index (χ2v) is 6.71. The fourth-order valence-corrected chi connectivity index (χ4v) is 2.74. The second kappa shape index (κ2) is 9.67. The number of rotatable bonds is 6. The molecule has 0 aliphatic carbocycles. The maximum absolute atomic E-state index is 12.0. The monoisotopic (exact) mass is 414 g/mol. The van der Waals surface area contributed by atoms with Gasteiger partial charge in [-0.15, -0.1) is 0 Å². The molecule has 0 saturated carbocycles. The van der Waals surface area contributed by atoms with Crippen LogP contribution >= 0.6 is 34.8 Å². The lowest BCUT2D eigenvalue weighted by molar-refractivity contribution is -0.132. The van der Waals surface area contributed by atoms with Crippen molar-refractivity contribution in [1.29, 1.82) is 0 Å². The number of nitrogens with one attached hydrogen (secondary N) is 2. The third-order valence-corrected chi connectivity index (χ3v) is 4.37. The van der Waals surface area contributed by atoms with E-state index in [1.807, 2.05) is 18.2 Å². The van der Waals surface area contributed by atoms with Gasteiger partial charge in [0.2, 0.25) is 5.91 Å². The predicted molar refractivity (Wildman–Crippen MR) is 103 cm³/mol. The Labute approximate surface area is 166 Å². The van der Waals surface area contributed by atoms with E-state index < -0.39 is 12.0 Å². The van der Waals surface area contributed by atoms with Crippen LogP contribution in [0, 0.1) is 0 Å². The van der Waals surface area contributed by atoms with Crippen LogP contribution < -0.4 is 15.6 Å². The van der Waals surface area contributed by atoms with Crippen molar-refractivity contribution in [3.8, 4) is 5.75 Å². The first-order valence-corrected chi connectivity index (χ1v) is 8.94. The van der Waals surface area contributed by atoms with Gasteiger partial charge in [-0.3, -0.25) is 20.4 Å². The summed E-state index contributed by atoms with van der Waals surface area (Å²) in [6.45, 7) is 1.54. The lowest BCUT2D eigenvalue weighted by Crippen LogP contribution is -2.47. The van der Waals surface area contributed by atoms with Gasteiger partial charge in [-0.25, -0.2) is 0 Å². The van der Waals surface area contributed by atoms with E-state index in [1.54, 1.807) is 18.2 Å². The molecule has 0 heterocycles. The van der Waals surface area contributed by atoms with E-state index in [0.717, 1.165) is 5.56 Å². The highest BCUT2D eigenvalue weighted by Crippen LogP contribution is 2.28. The SMILES string of the molecule is CC(Oc1ccc(Cl)cc1Cl)C(=O)NNC(=O)CCc1ccccc1Cl. The molecule has 2 rings (SSSR count). The van der Waals surface area contributed by atoms with Gasteiger partial charge >= 0.3 is 0 Å². The van der Waals surface area contributed by atoms with Gasteiger partial charge in [0.15, 0.2) is 6.10 Å². The van der Waals surface area contributed by atoms with Crippen molar-refractivity contribution in [1.82, 2.24) is 10.9 Å². The summed E-state index contributed by atoms with van der Waals surface area (Å²) in [5.41, 5.74) is 5.53. The normalized spacial score (nSPS) is 11.5. The first-order chi connectivity index (χ1) is 12.4. The van der Waals surface area contributed by atoms with E-state index in [9.17, 15) is 9.59 Å². The van der Waals surface area contributed by atoms with Crippen LogP contribution in [0.3, 0.4) is 0 Å². The molecule has 0 radical (unpaired) electrons. The van der Waals surface area contributed by atoms with Gasteiger partial charge in [0.05, 0.1) is 5.02 Å². The van der Waals surface area contributed by atoms with Crippen molar-refractivity contribution in [3.05, 3.63) is 63.1 Å². The topological polar surface area (TPSA) is 67.4 Å². The van der Waals surface area contributed by atoms with Crippen LogP contribution in [0.15, 0.2) is 42.5 Å². The molecule has 5 nitrogen and oxygen atoms in total. The fourth-order valence-electron chi connectivity index (χ4n) is 2.06. The van der Waals surface area contributed by atoms with Gasteiger partial charge in [-0.2, -0.15) is 0 Å². The Bertz CT molecular complexity index is 799. The molecule has 2 N–H and O–H groups in total. The largest absolute Gasteiger partial charge is 0.479 e. The van der Waals surface area contributed by atoms with E-state index in [1.165, 1.54) is 13.0 Å². The number of amides is 2. The minimum atomic E-state index is -0.863. The van der Waals surface area contributed by atoms with Crippen LogP contribution in [0.25, 0.3) is 0 Å². The van der Waals surface area contributed by atoms with E-state index in [0.29, 0.717) is 27.2 Å². The average molecular weight is 416 g/mol. The molecule has 1 atom stereocenters. The number of hydrazine groups is 1. The quantitative estimate of drug-likeness (QED) is 0.695. The highest BCUT2D eigenvalue weighted by molar-refractivity contribution is 6.35. The third-order valence-electron chi connectivity index (χ3n) is 3.47. The van der Waals surface area contributed by atoms with Crippen molar-refractivity contribution in [3.63, 3.8) is 0 Å². The van der Waals surface area contributed by atoms with Gasteiger partial charge in [-0.05, 0) is 43.2 Å². The van der Waals surface area contributed by atoms with Gasteiger partial charge < -0.3 is 4.74 Å². The van der Waals surface area contributed by atoms with Crippen molar-refractivity contribution in [2.24, 2.45) is 0 Å². The van der Waals surface area contributed by atoms with Crippen LogP contribution in [-0.2, 0) is 16.0 Å². The number of carbonyl (C=O) groups excluding carboxylic acids is 2. The van der Waals surface area contributed by atoms with E-state index in [-0.39, 0.29) is 12.3 Å². The number of hydrogen-bond acceptors (Lipinski definition) is 3. The first kappa shape index (κ1) is 20.4. The zero-order chi connectivity index (χ0) is 19.1. The molecule has 0 fully saturated rings. The molecule has 0 saturated heterocycles. The Kier molecular flexibility index (Phi) is 7.57. The van der Waals surface area contributed by atoms with Crippen LogP contribution in [0.1, 0.15) is 18.9 Å². The summed E-state index contributed by atoms with van der Waals surface area (Å²) in [6.07, 6.45) is -0.214. The summed E-state index contributed by atoms with van der Waals surface area (Å²) in [5.74, 6) is -0.527. The maximum atomic E-state index is 12.0. The van der Waals surface area contributed by atoms with Crippen LogP contribution in [-0.4, -0.2) is 17.9 Å².